The molecule has 22 rings (SSSR count). The van der Waals surface area contributed by atoms with Crippen LogP contribution in [0.2, 0.25) is 0 Å². The van der Waals surface area contributed by atoms with Crippen molar-refractivity contribution in [1.82, 2.24) is 46.2 Å². The Hall–Kier alpha value is -1.21. The van der Waals surface area contributed by atoms with Crippen LogP contribution < -0.4 is 26.6 Å². The van der Waals surface area contributed by atoms with Gasteiger partial charge in [-0.15, -0.1) is 0 Å². The SMILES string of the molecule is C1=CC2C3CC4C5CCCCC5N(C5CCCCC5)C4CC3N(C3=CCCC(C4NCC(C5C=CCC6C7CC(C8CCC(N9C%10CCCCC%10C%10CC%11C%12CCCCC%12N(C%12CCCC(C%13NC(C%14CCCCC%14)NC(C%14CCCC(C%15CCCCC%15)C%14)N%13)C%12)C%11CC%109)CC8)CCC7SC56)N4)C3)C2C=C1. The molecule has 15 aliphatic carbocycles. The normalized spacial score (nSPS) is 52.3. The Morgan fingerprint density at radius 3 is 1.55 bits per heavy atom. The molecule has 32 atom stereocenters. The molecule has 106 heavy (non-hydrogen) atoms. The van der Waals surface area contributed by atoms with Crippen molar-refractivity contribution < 1.29 is 0 Å². The third-order valence-electron chi connectivity index (χ3n) is 38.7. The Labute approximate surface area is 649 Å². The van der Waals surface area contributed by atoms with Gasteiger partial charge >= 0.3 is 0 Å². The summed E-state index contributed by atoms with van der Waals surface area (Å²) in [4.78, 5) is 13.4. The van der Waals surface area contributed by atoms with Crippen molar-refractivity contribution in [1.29, 1.82) is 0 Å². The summed E-state index contributed by atoms with van der Waals surface area (Å²) in [5.41, 5.74) is 1.74. The Bertz CT molecular complexity index is 3120. The molecule has 0 radical (unpaired) electrons. The van der Waals surface area contributed by atoms with Gasteiger partial charge in [0.2, 0.25) is 0 Å². The number of rotatable bonds is 11. The van der Waals surface area contributed by atoms with Crippen LogP contribution in [0.1, 0.15) is 321 Å². The van der Waals surface area contributed by atoms with Crippen LogP contribution in [-0.4, -0.2) is 134 Å². The van der Waals surface area contributed by atoms with E-state index in [9.17, 15) is 0 Å². The van der Waals surface area contributed by atoms with Gasteiger partial charge in [0, 0.05) is 101 Å². The quantitative estimate of drug-likeness (QED) is 0.129. The van der Waals surface area contributed by atoms with Crippen LogP contribution >= 0.6 is 11.8 Å². The first kappa shape index (κ1) is 71.3. The number of hydrogen-bond acceptors (Lipinski definition) is 10. The summed E-state index contributed by atoms with van der Waals surface area (Å²) >= 11 is 2.53. The molecule has 0 aromatic carbocycles. The number of likely N-dealkylation sites (tertiary alicyclic amines) is 4. The van der Waals surface area contributed by atoms with Gasteiger partial charge < -0.3 is 10.2 Å². The molecule has 19 fully saturated rings. The Morgan fingerprint density at radius 2 is 0.849 bits per heavy atom. The summed E-state index contributed by atoms with van der Waals surface area (Å²) in [6.45, 7) is 1.16. The average Bonchev–Trinajstić information content (AvgIpc) is 1.56. The van der Waals surface area contributed by atoms with Gasteiger partial charge in [-0.05, 0) is 293 Å². The highest BCUT2D eigenvalue weighted by Crippen LogP contribution is 2.64. The van der Waals surface area contributed by atoms with E-state index in [0.29, 0.717) is 60.5 Å². The maximum atomic E-state index is 4.55. The fraction of sp³-hybridized carbons (Fsp3) is 0.917. The highest BCUT2D eigenvalue weighted by molar-refractivity contribution is 8.00. The predicted molar refractivity (Wildman–Crippen MR) is 436 cm³/mol. The minimum atomic E-state index is 0.446. The van der Waals surface area contributed by atoms with Gasteiger partial charge in [-0.3, -0.25) is 36.0 Å². The van der Waals surface area contributed by atoms with Crippen molar-refractivity contribution in [3.63, 3.8) is 0 Å². The molecule has 7 heterocycles. The lowest BCUT2D eigenvalue weighted by Gasteiger charge is -2.52. The lowest BCUT2D eigenvalue weighted by atomic mass is 9.64. The maximum absolute atomic E-state index is 4.55. The second-order valence-corrected chi connectivity index (χ2v) is 44.5. The zero-order valence-corrected chi connectivity index (χ0v) is 67.5. The van der Waals surface area contributed by atoms with Crippen LogP contribution in [0.15, 0.2) is 48.2 Å². The van der Waals surface area contributed by atoms with E-state index in [2.05, 4.69) is 100 Å². The van der Waals surface area contributed by atoms with Crippen LogP contribution in [0.5, 0.6) is 0 Å². The van der Waals surface area contributed by atoms with E-state index in [0.717, 1.165) is 166 Å². The smallest absolute Gasteiger partial charge is 0.0625 e. The average molecular weight is 1460 g/mol. The zero-order chi connectivity index (χ0) is 69.5. The predicted octanol–water partition coefficient (Wildman–Crippen LogP) is 19.4. The van der Waals surface area contributed by atoms with Gasteiger partial charge in [-0.1, -0.05) is 171 Å². The molecule has 32 unspecified atom stereocenters. The number of fused-ring (bicyclic) bond motifs is 15. The summed E-state index contributed by atoms with van der Waals surface area (Å²) < 4.78 is 0. The monoisotopic (exact) mass is 1460 g/mol. The Balaban J connectivity index is 0.445. The minimum absolute atomic E-state index is 0.446. The molecule has 586 valence electrons. The van der Waals surface area contributed by atoms with Gasteiger partial charge in [-0.25, -0.2) is 0 Å². The van der Waals surface area contributed by atoms with Crippen LogP contribution in [0.4, 0.5) is 0 Å². The van der Waals surface area contributed by atoms with E-state index in [4.69, 9.17) is 0 Å². The number of thioether (sulfide) groups is 1. The molecule has 0 spiro atoms. The van der Waals surface area contributed by atoms with E-state index < -0.39 is 0 Å². The van der Waals surface area contributed by atoms with Crippen LogP contribution in [0, 0.1) is 112 Å². The van der Waals surface area contributed by atoms with Crippen molar-refractivity contribution in [2.75, 3.05) is 6.54 Å². The molecule has 5 N–H and O–H groups in total. The molecule has 0 aromatic rings. The second-order valence-electron chi connectivity index (χ2n) is 43.0. The van der Waals surface area contributed by atoms with E-state index >= 15 is 0 Å². The molecule has 9 nitrogen and oxygen atoms in total. The zero-order valence-electron chi connectivity index (χ0n) is 66.7. The molecule has 7 saturated heterocycles. The Kier molecular flexibility index (Phi) is 20.7. The van der Waals surface area contributed by atoms with Gasteiger partial charge in [0.25, 0.3) is 0 Å². The van der Waals surface area contributed by atoms with Gasteiger partial charge in [-0.2, -0.15) is 11.8 Å². The first-order valence-electron chi connectivity index (χ1n) is 48.8. The largest absolute Gasteiger partial charge is 0.365 e. The maximum Gasteiger partial charge on any atom is 0.0625 e. The van der Waals surface area contributed by atoms with E-state index in [1.165, 1.54) is 276 Å². The van der Waals surface area contributed by atoms with Crippen LogP contribution in [0.25, 0.3) is 0 Å². The second kappa shape index (κ2) is 30.8. The standard InChI is InChI=1S/C96H151N9S/c1-4-22-59(23-5-1)62-26-18-27-64(50-62)95-99-94(61-24-6-2-7-25-61)100-96(101-95)66-29-20-33-70(52-66)105-86-43-17-13-37-74(86)80-55-78-72-35-11-15-41-84(72)103(88(78)57-90(80)105)68-47-44-60(45-48-68)63-46-49-91-81(53-63)75-38-21-39-76(92(75)106-91)82-58-97-93(98-82)65-28-19-32-69(51-65)104-85-42-16-12-36-73(85)79-54-77-71-34-10-14-40-83(71)102(87(77)56-89(79)104)67-30-8-3-9-31-67/h12,16,21,32,36,39,42,59-68,70-101H,1-11,13-15,17-20,22-31,33-35,37-38,40-41,43-58H2. The number of nitrogens with one attached hydrogen (secondary N) is 5. The highest BCUT2D eigenvalue weighted by atomic mass is 32.2. The fourth-order valence-electron chi connectivity index (χ4n) is 34.5. The number of nitrogens with zero attached hydrogens (tertiary/aromatic N) is 4. The Morgan fingerprint density at radius 1 is 0.321 bits per heavy atom. The topological polar surface area (TPSA) is 73.1 Å². The summed E-state index contributed by atoms with van der Waals surface area (Å²) in [7, 11) is 0. The lowest BCUT2D eigenvalue weighted by molar-refractivity contribution is -0.00629. The summed E-state index contributed by atoms with van der Waals surface area (Å²) in [6.07, 6.45) is 94.6. The molecule has 22 aliphatic rings. The highest BCUT2D eigenvalue weighted by Gasteiger charge is 2.64. The van der Waals surface area contributed by atoms with Crippen molar-refractivity contribution in [3.05, 3.63) is 48.2 Å². The minimum Gasteiger partial charge on any atom is -0.365 e. The molecule has 7 aliphatic heterocycles. The number of allylic oxidation sites excluding steroid dienone is 5. The van der Waals surface area contributed by atoms with Crippen LogP contribution in [-0.2, 0) is 0 Å². The molecule has 10 heteroatoms. The lowest BCUT2D eigenvalue weighted by Crippen LogP contribution is -2.73. The molecular formula is C96H151N9S. The first-order chi connectivity index (χ1) is 52.5. The van der Waals surface area contributed by atoms with Crippen molar-refractivity contribution in [2.45, 2.75) is 429 Å². The molecule has 0 amide bonds. The van der Waals surface area contributed by atoms with Crippen molar-refractivity contribution in [3.8, 4) is 0 Å². The molecule has 0 bridgehead atoms. The van der Waals surface area contributed by atoms with Crippen molar-refractivity contribution >= 4 is 11.8 Å². The van der Waals surface area contributed by atoms with Gasteiger partial charge in [0.15, 0.2) is 0 Å². The van der Waals surface area contributed by atoms with Crippen molar-refractivity contribution in [2.24, 2.45) is 112 Å². The summed E-state index contributed by atoms with van der Waals surface area (Å²) in [5.74, 6) is 16.9. The molecule has 0 aromatic heterocycles. The van der Waals surface area contributed by atoms with E-state index in [-0.39, 0.29) is 0 Å². The number of hydrogen-bond donors (Lipinski definition) is 5. The third kappa shape index (κ3) is 12.9. The molecule has 12 saturated carbocycles. The summed E-state index contributed by atoms with van der Waals surface area (Å²) in [5, 5.41) is 23.9. The van der Waals surface area contributed by atoms with Crippen LogP contribution in [0.3, 0.4) is 0 Å². The molecular weight excluding hydrogens is 1310 g/mol. The third-order valence-corrected chi connectivity index (χ3v) is 40.6. The van der Waals surface area contributed by atoms with Gasteiger partial charge in [0.05, 0.1) is 30.7 Å². The van der Waals surface area contributed by atoms with E-state index in [1.54, 1.807) is 50.6 Å². The fourth-order valence-corrected chi connectivity index (χ4v) is 36.6. The van der Waals surface area contributed by atoms with E-state index in [1.807, 2.05) is 0 Å². The summed E-state index contributed by atoms with van der Waals surface area (Å²) in [6, 6.07) is 9.57. The first-order valence-corrected chi connectivity index (χ1v) is 49.7. The van der Waals surface area contributed by atoms with Gasteiger partial charge in [0.1, 0.15) is 0 Å².